The first kappa shape index (κ1) is 13.5. The zero-order valence-corrected chi connectivity index (χ0v) is 9.32. The van der Waals surface area contributed by atoms with Crippen LogP contribution >= 0.6 is 0 Å². The number of aryl methyl sites for hydroxylation is 1. The molecule has 0 atom stereocenters. The van der Waals surface area contributed by atoms with E-state index < -0.39 is 18.7 Å². The Hall–Kier alpha value is -1.57. The van der Waals surface area contributed by atoms with Crippen molar-refractivity contribution in [3.63, 3.8) is 0 Å². The lowest BCUT2D eigenvalue weighted by molar-refractivity contribution is -0.144. The van der Waals surface area contributed by atoms with Crippen molar-refractivity contribution in [2.45, 2.75) is 12.7 Å². The van der Waals surface area contributed by atoms with E-state index in [4.69, 9.17) is 5.11 Å². The lowest BCUT2D eigenvalue weighted by Crippen LogP contribution is -2.31. The minimum absolute atomic E-state index is 0.0819. The number of aromatic nitrogens is 2. The van der Waals surface area contributed by atoms with E-state index in [0.717, 1.165) is 11.1 Å². The van der Waals surface area contributed by atoms with Gasteiger partial charge in [0.1, 0.15) is 5.56 Å². The molecule has 17 heavy (non-hydrogen) atoms. The summed E-state index contributed by atoms with van der Waals surface area (Å²) < 4.78 is 37.6. The van der Waals surface area contributed by atoms with Gasteiger partial charge < -0.3 is 5.11 Å². The Kier molecular flexibility index (Phi) is 3.76. The van der Waals surface area contributed by atoms with Gasteiger partial charge in [0.2, 0.25) is 0 Å². The second-order valence-corrected chi connectivity index (χ2v) is 3.72. The average molecular weight is 251 g/mol. The van der Waals surface area contributed by atoms with Crippen molar-refractivity contribution >= 4 is 5.97 Å². The van der Waals surface area contributed by atoms with Crippen LogP contribution in [-0.4, -0.2) is 45.5 Å². The highest BCUT2D eigenvalue weighted by Crippen LogP contribution is 2.18. The average Bonchev–Trinajstić information content (AvgIpc) is 2.44. The van der Waals surface area contributed by atoms with E-state index in [2.05, 4.69) is 5.10 Å². The van der Waals surface area contributed by atoms with Crippen LogP contribution in [0.3, 0.4) is 0 Å². The molecule has 0 unspecified atom stereocenters. The van der Waals surface area contributed by atoms with E-state index in [0.29, 0.717) is 0 Å². The molecule has 0 bridgehead atoms. The summed E-state index contributed by atoms with van der Waals surface area (Å²) in [5.74, 6) is -1.20. The minimum Gasteiger partial charge on any atom is -0.478 e. The van der Waals surface area contributed by atoms with E-state index >= 15 is 0 Å². The van der Waals surface area contributed by atoms with Gasteiger partial charge in [-0.05, 0) is 7.05 Å². The van der Waals surface area contributed by atoms with Gasteiger partial charge in [-0.1, -0.05) is 0 Å². The van der Waals surface area contributed by atoms with Crippen molar-refractivity contribution in [1.82, 2.24) is 14.7 Å². The summed E-state index contributed by atoms with van der Waals surface area (Å²) in [6.07, 6.45) is -3.18. The van der Waals surface area contributed by atoms with Gasteiger partial charge in [0.05, 0.1) is 18.4 Å². The highest BCUT2D eigenvalue weighted by atomic mass is 19.4. The standard InChI is InChI=1S/C9H12F3N3O2/c1-14(5-9(10,11)12)4-7-6(8(16)17)3-13-15(7)2/h3H,4-5H2,1-2H3,(H,16,17). The molecule has 0 spiro atoms. The fraction of sp³-hybridized carbons (Fsp3) is 0.556. The summed E-state index contributed by atoms with van der Waals surface area (Å²) in [7, 11) is 2.76. The predicted octanol–water partition coefficient (Wildman–Crippen LogP) is 1.11. The molecule has 96 valence electrons. The Bertz CT molecular complexity index is 414. The summed E-state index contributed by atoms with van der Waals surface area (Å²) >= 11 is 0. The van der Waals surface area contributed by atoms with Crippen LogP contribution < -0.4 is 0 Å². The molecule has 0 aliphatic rings. The normalized spacial score (nSPS) is 12.1. The van der Waals surface area contributed by atoms with E-state index in [1.165, 1.54) is 18.8 Å². The topological polar surface area (TPSA) is 58.4 Å². The first-order chi connectivity index (χ1) is 7.70. The largest absolute Gasteiger partial charge is 0.478 e. The monoisotopic (exact) mass is 251 g/mol. The lowest BCUT2D eigenvalue weighted by atomic mass is 10.2. The Morgan fingerprint density at radius 3 is 2.65 bits per heavy atom. The summed E-state index contributed by atoms with van der Waals surface area (Å²) in [5, 5.41) is 12.5. The number of hydrogen-bond donors (Lipinski definition) is 1. The third-order valence-electron chi connectivity index (χ3n) is 2.16. The van der Waals surface area contributed by atoms with Gasteiger partial charge in [0.15, 0.2) is 0 Å². The molecule has 1 rings (SSSR count). The van der Waals surface area contributed by atoms with E-state index in [9.17, 15) is 18.0 Å². The molecule has 0 aromatic carbocycles. The van der Waals surface area contributed by atoms with Crippen molar-refractivity contribution in [1.29, 1.82) is 0 Å². The quantitative estimate of drug-likeness (QED) is 0.871. The van der Waals surface area contributed by atoms with E-state index in [1.54, 1.807) is 0 Å². The zero-order chi connectivity index (χ0) is 13.2. The number of carbonyl (C=O) groups is 1. The maximum absolute atomic E-state index is 12.1. The Morgan fingerprint density at radius 1 is 1.59 bits per heavy atom. The van der Waals surface area contributed by atoms with Crippen molar-refractivity contribution < 1.29 is 23.1 Å². The first-order valence-corrected chi connectivity index (χ1v) is 4.70. The molecule has 0 aliphatic carbocycles. The van der Waals surface area contributed by atoms with Crippen LogP contribution in [0.4, 0.5) is 13.2 Å². The summed E-state index contributed by atoms with van der Waals surface area (Å²) in [4.78, 5) is 11.8. The Balaban J connectivity index is 2.81. The highest BCUT2D eigenvalue weighted by molar-refractivity contribution is 5.88. The molecule has 1 heterocycles. The van der Waals surface area contributed by atoms with Crippen LogP contribution in [0.5, 0.6) is 0 Å². The molecular formula is C9H12F3N3O2. The number of nitrogens with zero attached hydrogens (tertiary/aromatic N) is 3. The maximum Gasteiger partial charge on any atom is 0.401 e. The molecular weight excluding hydrogens is 239 g/mol. The summed E-state index contributed by atoms with van der Waals surface area (Å²) in [6.45, 7) is -1.23. The number of hydrogen-bond acceptors (Lipinski definition) is 3. The van der Waals surface area contributed by atoms with Gasteiger partial charge in [0, 0.05) is 13.6 Å². The number of alkyl halides is 3. The third kappa shape index (κ3) is 3.74. The molecule has 0 aliphatic heterocycles. The van der Waals surface area contributed by atoms with Crippen molar-refractivity contribution in [2.24, 2.45) is 7.05 Å². The van der Waals surface area contributed by atoms with Gasteiger partial charge in [-0.15, -0.1) is 0 Å². The minimum atomic E-state index is -4.31. The Labute approximate surface area is 95.4 Å². The summed E-state index contributed by atoms with van der Waals surface area (Å²) in [5.41, 5.74) is 0.158. The van der Waals surface area contributed by atoms with Crippen molar-refractivity contribution in [2.75, 3.05) is 13.6 Å². The van der Waals surface area contributed by atoms with Gasteiger partial charge in [0.25, 0.3) is 0 Å². The molecule has 0 fully saturated rings. The van der Waals surface area contributed by atoms with Gasteiger partial charge >= 0.3 is 12.1 Å². The van der Waals surface area contributed by atoms with Crippen LogP contribution in [0, 0.1) is 0 Å². The third-order valence-corrected chi connectivity index (χ3v) is 2.16. The zero-order valence-electron chi connectivity index (χ0n) is 9.32. The second-order valence-electron chi connectivity index (χ2n) is 3.72. The van der Waals surface area contributed by atoms with Crippen LogP contribution in [0.2, 0.25) is 0 Å². The molecule has 0 radical (unpaired) electrons. The van der Waals surface area contributed by atoms with Crippen molar-refractivity contribution in [3.05, 3.63) is 17.5 Å². The highest BCUT2D eigenvalue weighted by Gasteiger charge is 2.30. The molecule has 0 saturated carbocycles. The van der Waals surface area contributed by atoms with Gasteiger partial charge in [-0.3, -0.25) is 9.58 Å². The number of halogens is 3. The molecule has 8 heteroatoms. The molecule has 0 amide bonds. The first-order valence-electron chi connectivity index (χ1n) is 4.70. The smallest absolute Gasteiger partial charge is 0.401 e. The summed E-state index contributed by atoms with van der Waals surface area (Å²) in [6, 6.07) is 0. The molecule has 1 aromatic heterocycles. The predicted molar refractivity (Wildman–Crippen MR) is 52.6 cm³/mol. The molecule has 0 saturated heterocycles. The molecule has 5 nitrogen and oxygen atoms in total. The lowest BCUT2D eigenvalue weighted by Gasteiger charge is -2.18. The maximum atomic E-state index is 12.1. The van der Waals surface area contributed by atoms with Crippen LogP contribution in [-0.2, 0) is 13.6 Å². The number of aromatic carboxylic acids is 1. The second kappa shape index (κ2) is 4.74. The van der Waals surface area contributed by atoms with Gasteiger partial charge in [-0.25, -0.2) is 4.79 Å². The Morgan fingerprint density at radius 2 is 2.18 bits per heavy atom. The van der Waals surface area contributed by atoms with Crippen molar-refractivity contribution in [3.8, 4) is 0 Å². The number of carboxylic acid groups (broad SMARTS) is 1. The van der Waals surface area contributed by atoms with Crippen LogP contribution in [0.25, 0.3) is 0 Å². The fourth-order valence-corrected chi connectivity index (χ4v) is 1.45. The SMILES string of the molecule is CN(Cc1c(C(=O)O)cnn1C)CC(F)(F)F. The van der Waals surface area contributed by atoms with Gasteiger partial charge in [-0.2, -0.15) is 18.3 Å². The van der Waals surface area contributed by atoms with E-state index in [-0.39, 0.29) is 17.8 Å². The number of rotatable bonds is 4. The van der Waals surface area contributed by atoms with E-state index in [1.807, 2.05) is 0 Å². The van der Waals surface area contributed by atoms with Crippen LogP contribution in [0.15, 0.2) is 6.20 Å². The fourth-order valence-electron chi connectivity index (χ4n) is 1.45. The molecule has 1 aromatic rings. The number of carboxylic acids is 1. The van der Waals surface area contributed by atoms with Crippen LogP contribution in [0.1, 0.15) is 16.1 Å². The molecule has 1 N–H and O–H groups in total.